The fraction of sp³-hybridized carbons (Fsp3) is 0.909. The smallest absolute Gasteiger partial charge is 0.130 e. The zero-order chi connectivity index (χ0) is 8.67. The Bertz CT molecular complexity index is 230. The van der Waals surface area contributed by atoms with Crippen LogP contribution in [0.3, 0.4) is 0 Å². The molecule has 3 rings (SSSR count). The van der Waals surface area contributed by atoms with Gasteiger partial charge in [-0.1, -0.05) is 5.16 Å². The van der Waals surface area contributed by atoms with Crippen LogP contribution in [0.15, 0.2) is 5.16 Å². The van der Waals surface area contributed by atoms with Crippen molar-refractivity contribution in [1.82, 2.24) is 0 Å². The van der Waals surface area contributed by atoms with E-state index in [2.05, 4.69) is 5.16 Å². The molecule has 0 radical (unpaired) electrons. The average molecular weight is 179 g/mol. The summed E-state index contributed by atoms with van der Waals surface area (Å²) in [6.45, 7) is 0. The maximum Gasteiger partial charge on any atom is 0.130 e. The number of nitrogens with zero attached hydrogens (tertiary/aromatic N) is 1. The molecule has 0 aliphatic heterocycles. The Labute approximate surface area is 79.3 Å². The van der Waals surface area contributed by atoms with Crippen LogP contribution in [0.5, 0.6) is 0 Å². The van der Waals surface area contributed by atoms with Crippen LogP contribution in [-0.4, -0.2) is 11.8 Å². The minimum absolute atomic E-state index is 0.479. The van der Waals surface area contributed by atoms with Crippen LogP contribution < -0.4 is 0 Å². The molecular weight excluding hydrogens is 162 g/mol. The van der Waals surface area contributed by atoms with Crippen LogP contribution in [0.2, 0.25) is 0 Å². The van der Waals surface area contributed by atoms with Gasteiger partial charge in [0, 0.05) is 0 Å². The van der Waals surface area contributed by atoms with E-state index in [1.807, 2.05) is 0 Å². The Hall–Kier alpha value is -0.530. The fourth-order valence-electron chi connectivity index (χ4n) is 2.88. The van der Waals surface area contributed by atoms with E-state index in [4.69, 9.17) is 4.84 Å². The second kappa shape index (κ2) is 3.00. The normalized spacial score (nSPS) is 41.8. The van der Waals surface area contributed by atoms with Crippen molar-refractivity contribution in [3.8, 4) is 0 Å². The molecule has 0 aromatic carbocycles. The lowest BCUT2D eigenvalue weighted by molar-refractivity contribution is 0.0192. The molecule has 3 fully saturated rings. The molecule has 0 amide bonds. The summed E-state index contributed by atoms with van der Waals surface area (Å²) in [4.78, 5) is 5.63. The molecular formula is C11H17NO. The molecule has 3 saturated carbocycles. The SMILES string of the molecule is C1CC(=NOC2CC3CCC2C3)C1. The molecule has 0 N–H and O–H groups in total. The van der Waals surface area contributed by atoms with Gasteiger partial charge in [0.15, 0.2) is 0 Å². The lowest BCUT2D eigenvalue weighted by atomic mass is 9.97. The van der Waals surface area contributed by atoms with Gasteiger partial charge in [-0.25, -0.2) is 0 Å². The van der Waals surface area contributed by atoms with Gasteiger partial charge in [-0.15, -0.1) is 0 Å². The maximum absolute atomic E-state index is 5.63. The standard InChI is InChI=1S/C11H17NO/c1-2-10(3-1)12-13-11-7-8-4-5-9(11)6-8/h8-9,11H,1-7H2. The van der Waals surface area contributed by atoms with Crippen LogP contribution in [0.4, 0.5) is 0 Å². The van der Waals surface area contributed by atoms with Gasteiger partial charge in [0.2, 0.25) is 0 Å². The molecule has 0 aromatic rings. The maximum atomic E-state index is 5.63. The summed E-state index contributed by atoms with van der Waals surface area (Å²) in [5.74, 6) is 1.81. The van der Waals surface area contributed by atoms with Crippen molar-refractivity contribution in [2.75, 3.05) is 0 Å². The molecule has 3 aliphatic rings. The van der Waals surface area contributed by atoms with Crippen molar-refractivity contribution in [1.29, 1.82) is 0 Å². The van der Waals surface area contributed by atoms with E-state index in [-0.39, 0.29) is 0 Å². The number of hydrogen-bond acceptors (Lipinski definition) is 2. The highest BCUT2D eigenvalue weighted by atomic mass is 16.6. The molecule has 2 nitrogen and oxygen atoms in total. The van der Waals surface area contributed by atoms with Gasteiger partial charge in [0.1, 0.15) is 6.10 Å². The van der Waals surface area contributed by atoms with Crippen LogP contribution in [0.1, 0.15) is 44.9 Å². The molecule has 2 bridgehead atoms. The lowest BCUT2D eigenvalue weighted by Crippen LogP contribution is -2.20. The van der Waals surface area contributed by atoms with Gasteiger partial charge in [-0.3, -0.25) is 0 Å². The Morgan fingerprint density at radius 2 is 2.08 bits per heavy atom. The largest absolute Gasteiger partial charge is 0.392 e. The summed E-state index contributed by atoms with van der Waals surface area (Å²) in [6, 6.07) is 0. The quantitative estimate of drug-likeness (QED) is 0.597. The summed E-state index contributed by atoms with van der Waals surface area (Å²) >= 11 is 0. The Kier molecular flexibility index (Phi) is 1.81. The second-order valence-corrected chi connectivity index (χ2v) is 4.83. The predicted molar refractivity (Wildman–Crippen MR) is 51.6 cm³/mol. The van der Waals surface area contributed by atoms with Crippen molar-refractivity contribution in [2.24, 2.45) is 17.0 Å². The monoisotopic (exact) mass is 179 g/mol. The molecule has 0 saturated heterocycles. The van der Waals surface area contributed by atoms with Crippen molar-refractivity contribution in [3.63, 3.8) is 0 Å². The van der Waals surface area contributed by atoms with Gasteiger partial charge >= 0.3 is 0 Å². The topological polar surface area (TPSA) is 21.6 Å². The molecule has 3 atom stereocenters. The highest BCUT2D eigenvalue weighted by Gasteiger charge is 2.41. The second-order valence-electron chi connectivity index (χ2n) is 4.83. The van der Waals surface area contributed by atoms with E-state index in [1.54, 1.807) is 0 Å². The first kappa shape index (κ1) is 7.84. The molecule has 3 unspecified atom stereocenters. The Morgan fingerprint density at radius 3 is 2.62 bits per heavy atom. The summed E-state index contributed by atoms with van der Waals surface area (Å²) in [5, 5.41) is 4.25. The number of hydrogen-bond donors (Lipinski definition) is 0. The molecule has 13 heavy (non-hydrogen) atoms. The van der Waals surface area contributed by atoms with Gasteiger partial charge < -0.3 is 4.84 Å². The van der Waals surface area contributed by atoms with Crippen LogP contribution in [-0.2, 0) is 4.84 Å². The number of rotatable bonds is 2. The van der Waals surface area contributed by atoms with Crippen LogP contribution in [0.25, 0.3) is 0 Å². The minimum atomic E-state index is 0.479. The van der Waals surface area contributed by atoms with Crippen molar-refractivity contribution in [3.05, 3.63) is 0 Å². The number of oxime groups is 1. The van der Waals surface area contributed by atoms with E-state index < -0.39 is 0 Å². The van der Waals surface area contributed by atoms with Crippen LogP contribution in [0, 0.1) is 11.8 Å². The molecule has 2 heteroatoms. The van der Waals surface area contributed by atoms with Crippen molar-refractivity contribution >= 4 is 5.71 Å². The zero-order valence-electron chi connectivity index (χ0n) is 8.04. The zero-order valence-corrected chi connectivity index (χ0v) is 8.04. The molecule has 3 aliphatic carbocycles. The highest BCUT2D eigenvalue weighted by molar-refractivity contribution is 5.88. The third-order valence-electron chi connectivity index (χ3n) is 3.92. The van der Waals surface area contributed by atoms with Gasteiger partial charge in [-0.05, 0) is 56.8 Å². The number of fused-ring (bicyclic) bond motifs is 2. The summed E-state index contributed by atoms with van der Waals surface area (Å²) < 4.78 is 0. The third kappa shape index (κ3) is 1.36. The van der Waals surface area contributed by atoms with Crippen LogP contribution >= 0.6 is 0 Å². The van der Waals surface area contributed by atoms with E-state index in [0.717, 1.165) is 11.8 Å². The Balaban J connectivity index is 1.55. The van der Waals surface area contributed by atoms with Crippen molar-refractivity contribution in [2.45, 2.75) is 51.0 Å². The van der Waals surface area contributed by atoms with E-state index in [0.29, 0.717) is 6.10 Å². The average Bonchev–Trinajstić information content (AvgIpc) is 2.61. The van der Waals surface area contributed by atoms with E-state index >= 15 is 0 Å². The summed E-state index contributed by atoms with van der Waals surface area (Å²) in [7, 11) is 0. The molecule has 0 heterocycles. The van der Waals surface area contributed by atoms with Gasteiger partial charge in [0.05, 0.1) is 5.71 Å². The predicted octanol–water partition coefficient (Wildman–Crippen LogP) is 2.73. The summed E-state index contributed by atoms with van der Waals surface area (Å²) in [6.07, 6.45) is 9.69. The van der Waals surface area contributed by atoms with E-state index in [1.165, 1.54) is 50.7 Å². The van der Waals surface area contributed by atoms with Gasteiger partial charge in [0.25, 0.3) is 0 Å². The van der Waals surface area contributed by atoms with Crippen molar-refractivity contribution < 1.29 is 4.84 Å². The van der Waals surface area contributed by atoms with E-state index in [9.17, 15) is 0 Å². The fourth-order valence-corrected chi connectivity index (χ4v) is 2.88. The molecule has 0 spiro atoms. The molecule has 0 aromatic heterocycles. The third-order valence-corrected chi connectivity index (χ3v) is 3.92. The first-order valence-electron chi connectivity index (χ1n) is 5.63. The first-order chi connectivity index (χ1) is 6.42. The van der Waals surface area contributed by atoms with Gasteiger partial charge in [-0.2, -0.15) is 0 Å². The Morgan fingerprint density at radius 1 is 1.15 bits per heavy atom. The summed E-state index contributed by atoms with van der Waals surface area (Å²) in [5.41, 5.74) is 1.29. The highest BCUT2D eigenvalue weighted by Crippen LogP contribution is 2.45. The lowest BCUT2D eigenvalue weighted by Gasteiger charge is -2.21. The minimum Gasteiger partial charge on any atom is -0.392 e. The molecule has 72 valence electrons. The first-order valence-corrected chi connectivity index (χ1v) is 5.63.